The van der Waals surface area contributed by atoms with Crippen LogP contribution in [0.15, 0.2) is 29.2 Å². The highest BCUT2D eigenvalue weighted by molar-refractivity contribution is 7.89. The van der Waals surface area contributed by atoms with Gasteiger partial charge in [0.2, 0.25) is 10.0 Å². The molecule has 0 aromatic heterocycles. The quantitative estimate of drug-likeness (QED) is 0.677. The first-order chi connectivity index (χ1) is 9.81. The smallest absolute Gasteiger partial charge is 0.240 e. The first-order valence-corrected chi connectivity index (χ1v) is 8.76. The van der Waals surface area contributed by atoms with Crippen LogP contribution in [0.4, 0.5) is 0 Å². The van der Waals surface area contributed by atoms with Gasteiger partial charge in [-0.15, -0.1) is 0 Å². The summed E-state index contributed by atoms with van der Waals surface area (Å²) in [5.74, 6) is 0. The Balaban J connectivity index is 2.63. The van der Waals surface area contributed by atoms with Gasteiger partial charge in [-0.2, -0.15) is 0 Å². The minimum Gasteiger partial charge on any atom is -0.310 e. The zero-order chi connectivity index (χ0) is 15.9. The minimum absolute atomic E-state index is 0.329. The molecule has 0 heterocycles. The maximum atomic E-state index is 12.2. The molecule has 0 unspecified atom stereocenters. The normalized spacial score (nSPS) is 12.3. The molecule has 0 amide bonds. The summed E-state index contributed by atoms with van der Waals surface area (Å²) in [4.78, 5) is 2.36. The third-order valence-electron chi connectivity index (χ3n) is 3.00. The van der Waals surface area contributed by atoms with E-state index in [2.05, 4.69) is 23.9 Å². The summed E-state index contributed by atoms with van der Waals surface area (Å²) in [6.45, 7) is 6.11. The van der Waals surface area contributed by atoms with Crippen LogP contribution in [-0.4, -0.2) is 46.5 Å². The molecule has 1 aromatic carbocycles. The van der Waals surface area contributed by atoms with Gasteiger partial charge in [-0.3, -0.25) is 0 Å². The molecule has 0 atom stereocenters. The lowest BCUT2D eigenvalue weighted by Crippen LogP contribution is -2.27. The topological polar surface area (TPSA) is 61.4 Å². The zero-order valence-electron chi connectivity index (χ0n) is 13.4. The van der Waals surface area contributed by atoms with Gasteiger partial charge in [0.25, 0.3) is 0 Å². The van der Waals surface area contributed by atoms with Crippen LogP contribution < -0.4 is 10.0 Å². The Kier molecular flexibility index (Phi) is 7.31. The average molecular weight is 313 g/mol. The lowest BCUT2D eigenvalue weighted by Gasteiger charge is -2.12. The highest BCUT2D eigenvalue weighted by Gasteiger charge is 2.13. The monoisotopic (exact) mass is 313 g/mol. The Morgan fingerprint density at radius 1 is 1.24 bits per heavy atom. The van der Waals surface area contributed by atoms with Crippen LogP contribution in [0.5, 0.6) is 0 Å². The van der Waals surface area contributed by atoms with Crippen molar-refractivity contribution in [3.63, 3.8) is 0 Å². The molecule has 6 heteroatoms. The van der Waals surface area contributed by atoms with Crippen molar-refractivity contribution in [1.29, 1.82) is 0 Å². The summed E-state index contributed by atoms with van der Waals surface area (Å²) in [5, 5.41) is 3.28. The maximum Gasteiger partial charge on any atom is 0.240 e. The predicted molar refractivity (Wildman–Crippen MR) is 86.8 cm³/mol. The molecule has 0 saturated heterocycles. The van der Waals surface area contributed by atoms with Crippen LogP contribution >= 0.6 is 0 Å². The lowest BCUT2D eigenvalue weighted by atomic mass is 10.2. The number of nitrogens with one attached hydrogen (secondary N) is 2. The van der Waals surface area contributed by atoms with Crippen LogP contribution in [0.1, 0.15) is 25.8 Å². The number of sulfonamides is 1. The minimum atomic E-state index is -3.42. The van der Waals surface area contributed by atoms with Gasteiger partial charge in [0.1, 0.15) is 0 Å². The molecule has 0 aliphatic rings. The molecule has 5 nitrogen and oxygen atoms in total. The van der Waals surface area contributed by atoms with Crippen molar-refractivity contribution in [2.75, 3.05) is 27.2 Å². The number of benzene rings is 1. The summed E-state index contributed by atoms with van der Waals surface area (Å²) >= 11 is 0. The van der Waals surface area contributed by atoms with Crippen LogP contribution in [-0.2, 0) is 16.6 Å². The SMILES string of the molecule is CC(C)NCc1cccc(S(=O)(=O)NCCCN(C)C)c1. The fourth-order valence-electron chi connectivity index (χ4n) is 1.83. The van der Waals surface area contributed by atoms with Gasteiger partial charge >= 0.3 is 0 Å². The van der Waals surface area contributed by atoms with E-state index in [-0.39, 0.29) is 0 Å². The van der Waals surface area contributed by atoms with Crippen molar-refractivity contribution in [1.82, 2.24) is 14.9 Å². The number of rotatable bonds is 9. The largest absolute Gasteiger partial charge is 0.310 e. The molecule has 0 fully saturated rings. The molecular weight excluding hydrogens is 286 g/mol. The third kappa shape index (κ3) is 7.04. The van der Waals surface area contributed by atoms with Crippen molar-refractivity contribution in [2.24, 2.45) is 0 Å². The average Bonchev–Trinajstić information content (AvgIpc) is 2.41. The molecule has 1 aromatic rings. The maximum absolute atomic E-state index is 12.2. The Bertz CT molecular complexity index is 527. The molecule has 0 radical (unpaired) electrons. The van der Waals surface area contributed by atoms with Gasteiger partial charge in [-0.1, -0.05) is 26.0 Å². The Hall–Kier alpha value is -0.950. The van der Waals surface area contributed by atoms with Crippen molar-refractivity contribution in [2.45, 2.75) is 37.8 Å². The highest BCUT2D eigenvalue weighted by atomic mass is 32.2. The van der Waals surface area contributed by atoms with E-state index in [4.69, 9.17) is 0 Å². The molecule has 0 aliphatic heterocycles. The van der Waals surface area contributed by atoms with E-state index >= 15 is 0 Å². The van der Waals surface area contributed by atoms with E-state index in [1.807, 2.05) is 25.1 Å². The predicted octanol–water partition coefficient (Wildman–Crippen LogP) is 1.41. The van der Waals surface area contributed by atoms with Crippen molar-refractivity contribution < 1.29 is 8.42 Å². The standard InChI is InChI=1S/C15H27N3O2S/c1-13(2)16-12-14-7-5-8-15(11-14)21(19,20)17-9-6-10-18(3)4/h5,7-8,11,13,16-17H,6,9-10,12H2,1-4H3. The number of nitrogens with zero attached hydrogens (tertiary/aromatic N) is 1. The first kappa shape index (κ1) is 18.1. The molecular formula is C15H27N3O2S. The van der Waals surface area contributed by atoms with Crippen LogP contribution in [0.25, 0.3) is 0 Å². The Morgan fingerprint density at radius 2 is 1.95 bits per heavy atom. The van der Waals surface area contributed by atoms with Crippen molar-refractivity contribution in [3.05, 3.63) is 29.8 Å². The molecule has 2 N–H and O–H groups in total. The molecule has 120 valence electrons. The second kappa shape index (κ2) is 8.48. The second-order valence-electron chi connectivity index (χ2n) is 5.74. The molecule has 21 heavy (non-hydrogen) atoms. The van der Waals surface area contributed by atoms with Crippen molar-refractivity contribution in [3.8, 4) is 0 Å². The van der Waals surface area contributed by atoms with E-state index in [1.165, 1.54) is 0 Å². The number of hydrogen-bond donors (Lipinski definition) is 2. The van der Waals surface area contributed by atoms with Crippen molar-refractivity contribution >= 4 is 10.0 Å². The molecule has 0 bridgehead atoms. The molecule has 0 aliphatic carbocycles. The van der Waals surface area contributed by atoms with E-state index in [0.29, 0.717) is 24.0 Å². The number of hydrogen-bond acceptors (Lipinski definition) is 4. The van der Waals surface area contributed by atoms with E-state index < -0.39 is 10.0 Å². The van der Waals surface area contributed by atoms with Crippen LogP contribution in [0.3, 0.4) is 0 Å². The fourth-order valence-corrected chi connectivity index (χ4v) is 2.97. The van der Waals surface area contributed by atoms with Gasteiger partial charge in [-0.25, -0.2) is 13.1 Å². The first-order valence-electron chi connectivity index (χ1n) is 7.28. The van der Waals surface area contributed by atoms with E-state index in [0.717, 1.165) is 18.5 Å². The zero-order valence-corrected chi connectivity index (χ0v) is 14.2. The Labute approximate surface area is 128 Å². The summed E-state index contributed by atoms with van der Waals surface area (Å²) in [7, 11) is 0.528. The van der Waals surface area contributed by atoms with E-state index in [9.17, 15) is 8.42 Å². The van der Waals surface area contributed by atoms with Crippen LogP contribution in [0.2, 0.25) is 0 Å². The third-order valence-corrected chi connectivity index (χ3v) is 4.46. The lowest BCUT2D eigenvalue weighted by molar-refractivity contribution is 0.400. The van der Waals surface area contributed by atoms with E-state index in [1.54, 1.807) is 18.2 Å². The molecule has 1 rings (SSSR count). The summed E-state index contributed by atoms with van der Waals surface area (Å²) in [6.07, 6.45) is 0.792. The van der Waals surface area contributed by atoms with Gasteiger partial charge < -0.3 is 10.2 Å². The molecule has 0 saturated carbocycles. The summed E-state index contributed by atoms with van der Waals surface area (Å²) in [6, 6.07) is 7.44. The molecule has 0 spiro atoms. The Morgan fingerprint density at radius 3 is 2.57 bits per heavy atom. The van der Waals surface area contributed by atoms with Gasteiger partial charge in [0.05, 0.1) is 4.90 Å². The summed E-state index contributed by atoms with van der Waals surface area (Å²) in [5.41, 5.74) is 0.972. The fraction of sp³-hybridized carbons (Fsp3) is 0.600. The summed E-state index contributed by atoms with van der Waals surface area (Å²) < 4.78 is 27.1. The second-order valence-corrected chi connectivity index (χ2v) is 7.50. The van der Waals surface area contributed by atoms with Gasteiger partial charge in [0.15, 0.2) is 0 Å². The van der Waals surface area contributed by atoms with Crippen LogP contribution in [0, 0.1) is 0 Å². The van der Waals surface area contributed by atoms with Gasteiger partial charge in [-0.05, 0) is 44.8 Å². The highest BCUT2D eigenvalue weighted by Crippen LogP contribution is 2.11. The van der Waals surface area contributed by atoms with Gasteiger partial charge in [0, 0.05) is 19.1 Å².